The van der Waals surface area contributed by atoms with Crippen molar-refractivity contribution >= 4 is 10.9 Å². The van der Waals surface area contributed by atoms with Crippen molar-refractivity contribution in [3.63, 3.8) is 0 Å². The van der Waals surface area contributed by atoms with Gasteiger partial charge in [-0.25, -0.2) is 8.78 Å². The molecule has 0 fully saturated rings. The lowest BCUT2D eigenvalue weighted by atomic mass is 10.1. The molecule has 0 amide bonds. The molecule has 2 aromatic rings. The van der Waals surface area contributed by atoms with Gasteiger partial charge in [0.2, 0.25) is 0 Å². The number of aromatic nitrogens is 1. The summed E-state index contributed by atoms with van der Waals surface area (Å²) in [5.41, 5.74) is 1.65. The molecule has 0 radical (unpaired) electrons. The molecular formula is C11H11F2NO. The molecule has 1 heterocycles. The van der Waals surface area contributed by atoms with Gasteiger partial charge in [0.15, 0.2) is 17.4 Å². The molecule has 0 bridgehead atoms. The van der Waals surface area contributed by atoms with Crippen molar-refractivity contribution in [2.75, 3.05) is 7.11 Å². The largest absolute Gasteiger partial charge is 0.491 e. The Hall–Kier alpha value is -1.58. The molecule has 15 heavy (non-hydrogen) atoms. The second-order valence-electron chi connectivity index (χ2n) is 3.53. The molecule has 0 spiro atoms. The third kappa shape index (κ3) is 1.28. The first-order valence-electron chi connectivity index (χ1n) is 4.57. The van der Waals surface area contributed by atoms with Crippen LogP contribution in [0.3, 0.4) is 0 Å². The molecule has 1 N–H and O–H groups in total. The van der Waals surface area contributed by atoms with Crippen molar-refractivity contribution in [2.45, 2.75) is 13.8 Å². The lowest BCUT2D eigenvalue weighted by Crippen LogP contribution is -1.96. The van der Waals surface area contributed by atoms with Crippen LogP contribution in [0.25, 0.3) is 10.9 Å². The minimum atomic E-state index is -0.653. The molecule has 0 saturated heterocycles. The molecule has 0 atom stereocenters. The Morgan fingerprint density at radius 3 is 2.47 bits per heavy atom. The Bertz CT molecular complexity index is 531. The van der Waals surface area contributed by atoms with Gasteiger partial charge in [0, 0.05) is 16.6 Å². The summed E-state index contributed by atoms with van der Waals surface area (Å²) in [6.07, 6.45) is 0. The molecule has 0 aliphatic heterocycles. The zero-order valence-electron chi connectivity index (χ0n) is 8.74. The first-order chi connectivity index (χ1) is 7.06. The maximum atomic E-state index is 13.7. The maximum absolute atomic E-state index is 13.7. The highest BCUT2D eigenvalue weighted by Gasteiger charge is 2.19. The van der Waals surface area contributed by atoms with Crippen LogP contribution in [-0.4, -0.2) is 12.1 Å². The summed E-state index contributed by atoms with van der Waals surface area (Å²) in [6, 6.07) is 1.64. The summed E-state index contributed by atoms with van der Waals surface area (Å²) in [7, 11) is 1.26. The van der Waals surface area contributed by atoms with Gasteiger partial charge in [0.25, 0.3) is 0 Å². The number of aryl methyl sites for hydroxylation is 2. The topological polar surface area (TPSA) is 25.0 Å². The highest BCUT2D eigenvalue weighted by Crippen LogP contribution is 2.33. The number of hydrogen-bond acceptors (Lipinski definition) is 1. The van der Waals surface area contributed by atoms with Crippen molar-refractivity contribution in [1.29, 1.82) is 0 Å². The fraction of sp³-hybridized carbons (Fsp3) is 0.273. The van der Waals surface area contributed by atoms with E-state index in [1.165, 1.54) is 7.11 Å². The van der Waals surface area contributed by atoms with Crippen LogP contribution in [0.15, 0.2) is 6.07 Å². The summed E-state index contributed by atoms with van der Waals surface area (Å²) in [4.78, 5) is 2.92. The normalized spacial score (nSPS) is 11.0. The minimum absolute atomic E-state index is 0.320. The lowest BCUT2D eigenvalue weighted by Gasteiger charge is -2.07. The smallest absolute Gasteiger partial charge is 0.191 e. The third-order valence-electron chi connectivity index (χ3n) is 2.50. The van der Waals surface area contributed by atoms with Crippen molar-refractivity contribution in [1.82, 2.24) is 4.98 Å². The quantitative estimate of drug-likeness (QED) is 0.770. The number of halogens is 2. The molecule has 0 aliphatic carbocycles. The van der Waals surface area contributed by atoms with Gasteiger partial charge >= 0.3 is 0 Å². The molecular weight excluding hydrogens is 200 g/mol. The Balaban J connectivity index is 2.94. The van der Waals surface area contributed by atoms with Crippen LogP contribution in [0, 0.1) is 25.5 Å². The Morgan fingerprint density at radius 1 is 1.20 bits per heavy atom. The molecule has 0 aliphatic rings. The number of aromatic amines is 1. The van der Waals surface area contributed by atoms with Crippen LogP contribution in [0.4, 0.5) is 8.78 Å². The van der Waals surface area contributed by atoms with Crippen LogP contribution < -0.4 is 4.74 Å². The lowest BCUT2D eigenvalue weighted by molar-refractivity contribution is 0.361. The number of hydrogen-bond donors (Lipinski definition) is 1. The van der Waals surface area contributed by atoms with Crippen molar-refractivity contribution in [3.8, 4) is 5.75 Å². The van der Waals surface area contributed by atoms with E-state index in [4.69, 9.17) is 4.74 Å². The summed E-state index contributed by atoms with van der Waals surface area (Å²) < 4.78 is 32.1. The number of rotatable bonds is 1. The predicted octanol–water partition coefficient (Wildman–Crippen LogP) is 3.07. The fourth-order valence-electron chi connectivity index (χ4n) is 1.74. The Labute approximate surface area is 85.9 Å². The van der Waals surface area contributed by atoms with E-state index in [0.29, 0.717) is 16.5 Å². The standard InChI is InChI=1S/C11H11F2NO/c1-5-4-7-9(13)11(15-3)8(12)6(2)10(7)14-5/h4,14H,1-3H3. The SMILES string of the molecule is COc1c(F)c(C)c2[nH]c(C)cc2c1F. The summed E-state index contributed by atoms with van der Waals surface area (Å²) in [5, 5.41) is 0.364. The van der Waals surface area contributed by atoms with Crippen LogP contribution in [0.1, 0.15) is 11.3 Å². The van der Waals surface area contributed by atoms with E-state index in [-0.39, 0.29) is 5.75 Å². The highest BCUT2D eigenvalue weighted by molar-refractivity contribution is 5.86. The zero-order valence-corrected chi connectivity index (χ0v) is 8.74. The molecule has 80 valence electrons. The van der Waals surface area contributed by atoms with Gasteiger partial charge < -0.3 is 9.72 Å². The van der Waals surface area contributed by atoms with Gasteiger partial charge in [-0.2, -0.15) is 0 Å². The van der Waals surface area contributed by atoms with E-state index < -0.39 is 11.6 Å². The number of methoxy groups -OCH3 is 1. The van der Waals surface area contributed by atoms with Gasteiger partial charge in [0.05, 0.1) is 12.6 Å². The molecule has 4 heteroatoms. The number of nitrogens with one attached hydrogen (secondary N) is 1. The van der Waals surface area contributed by atoms with Crippen LogP contribution in [0.2, 0.25) is 0 Å². The third-order valence-corrected chi connectivity index (χ3v) is 2.50. The van der Waals surface area contributed by atoms with E-state index in [1.807, 2.05) is 0 Å². The fourth-order valence-corrected chi connectivity index (χ4v) is 1.74. The number of fused-ring (bicyclic) bond motifs is 1. The van der Waals surface area contributed by atoms with E-state index in [2.05, 4.69) is 4.98 Å². The van der Waals surface area contributed by atoms with Crippen molar-refractivity contribution < 1.29 is 13.5 Å². The van der Waals surface area contributed by atoms with Gasteiger partial charge in [0.1, 0.15) is 0 Å². The van der Waals surface area contributed by atoms with E-state index in [1.54, 1.807) is 19.9 Å². The monoisotopic (exact) mass is 211 g/mol. The molecule has 0 unspecified atom stereocenters. The van der Waals surface area contributed by atoms with E-state index >= 15 is 0 Å². The number of benzene rings is 1. The van der Waals surface area contributed by atoms with Gasteiger partial charge in [-0.3, -0.25) is 0 Å². The second kappa shape index (κ2) is 3.22. The first-order valence-corrected chi connectivity index (χ1v) is 4.57. The minimum Gasteiger partial charge on any atom is -0.491 e. The maximum Gasteiger partial charge on any atom is 0.191 e. The zero-order chi connectivity index (χ0) is 11.2. The number of H-pyrrole nitrogens is 1. The molecule has 1 aromatic heterocycles. The van der Waals surface area contributed by atoms with Crippen molar-refractivity contribution in [3.05, 3.63) is 29.0 Å². The van der Waals surface area contributed by atoms with Crippen LogP contribution in [0.5, 0.6) is 5.75 Å². The summed E-state index contributed by atoms with van der Waals surface area (Å²) in [5.74, 6) is -1.62. The average Bonchev–Trinajstić information content (AvgIpc) is 2.58. The van der Waals surface area contributed by atoms with E-state index in [0.717, 1.165) is 5.69 Å². The van der Waals surface area contributed by atoms with Gasteiger partial charge in [-0.15, -0.1) is 0 Å². The first kappa shape index (κ1) is 9.96. The molecule has 1 aromatic carbocycles. The average molecular weight is 211 g/mol. The Kier molecular flexibility index (Phi) is 2.14. The summed E-state index contributed by atoms with van der Waals surface area (Å²) in [6.45, 7) is 3.39. The van der Waals surface area contributed by atoms with Crippen molar-refractivity contribution in [2.24, 2.45) is 0 Å². The number of ether oxygens (including phenoxy) is 1. The van der Waals surface area contributed by atoms with E-state index in [9.17, 15) is 8.78 Å². The molecule has 0 saturated carbocycles. The predicted molar refractivity (Wildman–Crippen MR) is 54.2 cm³/mol. The van der Waals surface area contributed by atoms with Crippen LogP contribution in [-0.2, 0) is 0 Å². The molecule has 2 rings (SSSR count). The highest BCUT2D eigenvalue weighted by atomic mass is 19.1. The molecule has 2 nitrogen and oxygen atoms in total. The van der Waals surface area contributed by atoms with Gasteiger partial charge in [-0.1, -0.05) is 0 Å². The van der Waals surface area contributed by atoms with Gasteiger partial charge in [-0.05, 0) is 19.9 Å². The Morgan fingerprint density at radius 2 is 1.87 bits per heavy atom. The summed E-state index contributed by atoms with van der Waals surface area (Å²) >= 11 is 0. The van der Waals surface area contributed by atoms with Crippen LogP contribution >= 0.6 is 0 Å². The second-order valence-corrected chi connectivity index (χ2v) is 3.53.